The number of halogens is 1. The number of hydrogen-bond donors (Lipinski definition) is 1. The van der Waals surface area contributed by atoms with Gasteiger partial charge in [0, 0.05) is 17.4 Å². The third-order valence-electron chi connectivity index (χ3n) is 4.48. The minimum Gasteiger partial charge on any atom is -0.477 e. The molecule has 2 aromatic carbocycles. The summed E-state index contributed by atoms with van der Waals surface area (Å²) in [7, 11) is 3.63. The SMILES string of the molecule is Cc1cc2c(c(C)c1[Si])c(C)c(C(=O)O)n2Cc1cccc(F)c1. The first-order valence-electron chi connectivity index (χ1n) is 7.63. The van der Waals surface area contributed by atoms with Gasteiger partial charge in [0.05, 0.1) is 10.2 Å². The summed E-state index contributed by atoms with van der Waals surface area (Å²) in [4.78, 5) is 11.8. The molecule has 121 valence electrons. The topological polar surface area (TPSA) is 42.2 Å². The Morgan fingerprint density at radius 1 is 1.21 bits per heavy atom. The van der Waals surface area contributed by atoms with Crippen LogP contribution in [0.4, 0.5) is 4.39 Å². The lowest BCUT2D eigenvalue weighted by atomic mass is 10.0. The molecule has 0 amide bonds. The van der Waals surface area contributed by atoms with Crippen LogP contribution in [0.2, 0.25) is 0 Å². The van der Waals surface area contributed by atoms with E-state index >= 15 is 0 Å². The van der Waals surface area contributed by atoms with E-state index in [2.05, 4.69) is 10.2 Å². The van der Waals surface area contributed by atoms with Crippen LogP contribution in [0.3, 0.4) is 0 Å². The molecular formula is C19H17FNO2Si. The minimum absolute atomic E-state index is 0.244. The Hall–Kier alpha value is -2.40. The van der Waals surface area contributed by atoms with E-state index in [-0.39, 0.29) is 11.5 Å². The molecule has 3 nitrogen and oxygen atoms in total. The zero-order valence-electron chi connectivity index (χ0n) is 13.8. The molecule has 1 heterocycles. The van der Waals surface area contributed by atoms with Crippen LogP contribution in [-0.2, 0) is 6.54 Å². The quantitative estimate of drug-likeness (QED) is 0.745. The van der Waals surface area contributed by atoms with Gasteiger partial charge in [-0.3, -0.25) is 0 Å². The summed E-state index contributed by atoms with van der Waals surface area (Å²) in [6, 6.07) is 8.23. The monoisotopic (exact) mass is 338 g/mol. The molecule has 0 saturated carbocycles. The summed E-state index contributed by atoms with van der Waals surface area (Å²) in [6.45, 7) is 6.08. The summed E-state index contributed by atoms with van der Waals surface area (Å²) in [5, 5.41) is 11.6. The number of nitrogens with zero attached hydrogens (tertiary/aromatic N) is 1. The van der Waals surface area contributed by atoms with Gasteiger partial charge < -0.3 is 9.67 Å². The van der Waals surface area contributed by atoms with E-state index < -0.39 is 5.97 Å². The molecular weight excluding hydrogens is 321 g/mol. The molecule has 3 radical (unpaired) electrons. The molecule has 0 saturated heterocycles. The molecule has 1 N–H and O–H groups in total. The second kappa shape index (κ2) is 5.91. The van der Waals surface area contributed by atoms with Crippen LogP contribution in [0.1, 0.15) is 32.7 Å². The number of aromatic carboxylic acids is 1. The van der Waals surface area contributed by atoms with E-state index in [9.17, 15) is 14.3 Å². The highest BCUT2D eigenvalue weighted by atomic mass is 28.1. The number of carboxylic acids is 1. The van der Waals surface area contributed by atoms with E-state index in [0.29, 0.717) is 6.54 Å². The van der Waals surface area contributed by atoms with Gasteiger partial charge in [-0.05, 0) is 55.7 Å². The number of carboxylic acid groups (broad SMARTS) is 1. The third-order valence-corrected chi connectivity index (χ3v) is 5.25. The molecule has 5 heteroatoms. The Bertz CT molecular complexity index is 975. The molecule has 0 spiro atoms. The van der Waals surface area contributed by atoms with E-state index in [0.717, 1.165) is 38.3 Å². The van der Waals surface area contributed by atoms with Gasteiger partial charge in [-0.25, -0.2) is 9.18 Å². The largest absolute Gasteiger partial charge is 0.477 e. The van der Waals surface area contributed by atoms with Crippen molar-refractivity contribution in [2.75, 3.05) is 0 Å². The molecule has 3 rings (SSSR count). The first-order valence-corrected chi connectivity index (χ1v) is 8.13. The highest BCUT2D eigenvalue weighted by molar-refractivity contribution is 6.35. The highest BCUT2D eigenvalue weighted by Gasteiger charge is 2.22. The van der Waals surface area contributed by atoms with Gasteiger partial charge in [0.15, 0.2) is 0 Å². The fourth-order valence-corrected chi connectivity index (χ4v) is 3.54. The number of aryl methyl sites for hydroxylation is 3. The lowest BCUT2D eigenvalue weighted by Crippen LogP contribution is -2.13. The highest BCUT2D eigenvalue weighted by Crippen LogP contribution is 2.29. The Balaban J connectivity index is 2.33. The molecule has 0 fully saturated rings. The van der Waals surface area contributed by atoms with Crippen molar-refractivity contribution >= 4 is 32.3 Å². The van der Waals surface area contributed by atoms with Crippen molar-refractivity contribution in [2.45, 2.75) is 27.3 Å². The Morgan fingerprint density at radius 2 is 1.92 bits per heavy atom. The number of hydrogen-bond acceptors (Lipinski definition) is 1. The molecule has 0 aliphatic rings. The van der Waals surface area contributed by atoms with Crippen LogP contribution >= 0.6 is 0 Å². The first-order chi connectivity index (χ1) is 11.3. The van der Waals surface area contributed by atoms with Crippen molar-refractivity contribution in [3.63, 3.8) is 0 Å². The maximum absolute atomic E-state index is 13.5. The Kier molecular flexibility index (Phi) is 4.05. The lowest BCUT2D eigenvalue weighted by molar-refractivity contribution is 0.0685. The summed E-state index contributed by atoms with van der Waals surface area (Å²) >= 11 is 0. The van der Waals surface area contributed by atoms with Crippen LogP contribution in [0, 0.1) is 26.6 Å². The standard InChI is InChI=1S/C19H17FNO2Si/c1-10-7-15-16(12(3)18(10)24)11(2)17(19(22)23)21(15)9-13-5-4-6-14(20)8-13/h4-8H,9H2,1-3H3,(H,22,23). The molecule has 0 bridgehead atoms. The van der Waals surface area contributed by atoms with E-state index in [1.807, 2.05) is 26.8 Å². The van der Waals surface area contributed by atoms with Gasteiger partial charge in [0.1, 0.15) is 11.5 Å². The fraction of sp³-hybridized carbons (Fsp3) is 0.211. The van der Waals surface area contributed by atoms with Gasteiger partial charge in [0.2, 0.25) is 0 Å². The molecule has 3 aromatic rings. The summed E-state index contributed by atoms with van der Waals surface area (Å²) in [6.07, 6.45) is 0. The molecule has 0 unspecified atom stereocenters. The van der Waals surface area contributed by atoms with Gasteiger partial charge in [-0.1, -0.05) is 22.9 Å². The van der Waals surface area contributed by atoms with Crippen LogP contribution in [0.5, 0.6) is 0 Å². The second-order valence-corrected chi connectivity index (χ2v) is 6.58. The molecule has 24 heavy (non-hydrogen) atoms. The van der Waals surface area contributed by atoms with Crippen LogP contribution < -0.4 is 5.19 Å². The summed E-state index contributed by atoms with van der Waals surface area (Å²) in [5.74, 6) is -1.31. The number of carbonyl (C=O) groups is 1. The Morgan fingerprint density at radius 3 is 2.54 bits per heavy atom. The second-order valence-electron chi connectivity index (χ2n) is 6.08. The predicted octanol–water partition coefficient (Wildman–Crippen LogP) is 3.25. The average Bonchev–Trinajstić information content (AvgIpc) is 2.77. The number of aromatic nitrogens is 1. The number of benzene rings is 2. The van der Waals surface area contributed by atoms with Crippen molar-refractivity contribution < 1.29 is 14.3 Å². The van der Waals surface area contributed by atoms with E-state index in [1.165, 1.54) is 12.1 Å². The van der Waals surface area contributed by atoms with Crippen LogP contribution in [0.25, 0.3) is 10.9 Å². The maximum atomic E-state index is 13.5. The lowest BCUT2D eigenvalue weighted by Gasteiger charge is -2.11. The van der Waals surface area contributed by atoms with E-state index in [4.69, 9.17) is 0 Å². The molecule has 0 aliphatic carbocycles. The molecule has 0 aliphatic heterocycles. The fourth-order valence-electron chi connectivity index (χ4n) is 3.35. The van der Waals surface area contributed by atoms with Crippen LogP contribution in [-0.4, -0.2) is 25.9 Å². The zero-order valence-corrected chi connectivity index (χ0v) is 14.8. The Labute approximate surface area is 143 Å². The predicted molar refractivity (Wildman–Crippen MR) is 94.0 cm³/mol. The smallest absolute Gasteiger partial charge is 0.352 e. The summed E-state index contributed by atoms with van der Waals surface area (Å²) < 4.78 is 15.3. The minimum atomic E-state index is -0.979. The van der Waals surface area contributed by atoms with Gasteiger partial charge in [-0.15, -0.1) is 0 Å². The van der Waals surface area contributed by atoms with Crippen molar-refractivity contribution in [3.05, 3.63) is 64.1 Å². The van der Waals surface area contributed by atoms with Crippen LogP contribution in [0.15, 0.2) is 30.3 Å². The van der Waals surface area contributed by atoms with Crippen molar-refractivity contribution in [1.29, 1.82) is 0 Å². The number of fused-ring (bicyclic) bond motifs is 1. The molecule has 0 atom stereocenters. The van der Waals surface area contributed by atoms with Crippen molar-refractivity contribution in [1.82, 2.24) is 4.57 Å². The molecule has 1 aromatic heterocycles. The zero-order chi connectivity index (χ0) is 17.6. The van der Waals surface area contributed by atoms with Crippen molar-refractivity contribution in [3.8, 4) is 0 Å². The first kappa shape index (κ1) is 16.5. The van der Waals surface area contributed by atoms with Gasteiger partial charge in [0.25, 0.3) is 0 Å². The number of rotatable bonds is 3. The van der Waals surface area contributed by atoms with Gasteiger partial charge >= 0.3 is 5.97 Å². The van der Waals surface area contributed by atoms with Crippen molar-refractivity contribution in [2.24, 2.45) is 0 Å². The summed E-state index contributed by atoms with van der Waals surface area (Å²) in [5.41, 5.74) is 4.60. The van der Waals surface area contributed by atoms with Gasteiger partial charge in [-0.2, -0.15) is 0 Å². The maximum Gasteiger partial charge on any atom is 0.352 e. The van der Waals surface area contributed by atoms with E-state index in [1.54, 1.807) is 16.7 Å². The average molecular weight is 338 g/mol. The third kappa shape index (κ3) is 2.55. The normalized spacial score (nSPS) is 11.2.